The summed E-state index contributed by atoms with van der Waals surface area (Å²) >= 11 is 0. The number of hydrogen-bond acceptors (Lipinski definition) is 3. The molecule has 21 heavy (non-hydrogen) atoms. The van der Waals surface area contributed by atoms with E-state index in [4.69, 9.17) is 5.73 Å². The zero-order valence-electron chi connectivity index (χ0n) is 12.1. The molecule has 0 aliphatic rings. The number of carbonyl (C=O) groups is 1. The molecule has 0 saturated heterocycles. The number of benzene rings is 1. The number of hydrogen-bond donors (Lipinski definition) is 1. The van der Waals surface area contributed by atoms with Crippen LogP contribution >= 0.6 is 0 Å². The molecular weight excluding hydrogens is 269 g/mol. The average Bonchev–Trinajstić information content (AvgIpc) is 2.47. The number of carbonyl (C=O) groups excluding carboxylic acids is 1. The van der Waals surface area contributed by atoms with Gasteiger partial charge in [-0.15, -0.1) is 0 Å². The highest BCUT2D eigenvalue weighted by Gasteiger charge is 2.20. The van der Waals surface area contributed by atoms with Crippen molar-refractivity contribution in [3.05, 3.63) is 59.7 Å². The van der Waals surface area contributed by atoms with Gasteiger partial charge in [0.25, 0.3) is 5.91 Å². The Bertz CT molecular complexity index is 629. The molecular formula is C16H18FN3O. The summed E-state index contributed by atoms with van der Waals surface area (Å²) in [5.41, 5.74) is 6.83. The fraction of sp³-hybridized carbons (Fsp3) is 0.250. The Hall–Kier alpha value is -2.43. The minimum absolute atomic E-state index is 0.00369. The van der Waals surface area contributed by atoms with Crippen molar-refractivity contribution in [2.75, 3.05) is 5.73 Å². The monoisotopic (exact) mass is 287 g/mol. The van der Waals surface area contributed by atoms with E-state index in [1.165, 1.54) is 18.2 Å². The largest absolute Gasteiger partial charge is 0.396 e. The van der Waals surface area contributed by atoms with Crippen LogP contribution in [0.1, 0.15) is 29.8 Å². The van der Waals surface area contributed by atoms with Gasteiger partial charge in [0.05, 0.1) is 5.69 Å². The molecule has 1 aromatic carbocycles. The Morgan fingerprint density at radius 1 is 1.38 bits per heavy atom. The molecule has 4 nitrogen and oxygen atoms in total. The summed E-state index contributed by atoms with van der Waals surface area (Å²) in [6, 6.07) is 7.78. The molecule has 2 N–H and O–H groups in total. The number of amides is 1. The number of nitrogen functional groups attached to an aromatic ring is 1. The Labute approximate surface area is 123 Å². The highest BCUT2D eigenvalue weighted by Crippen LogP contribution is 2.17. The fourth-order valence-corrected chi connectivity index (χ4v) is 2.02. The highest BCUT2D eigenvalue weighted by atomic mass is 19.1. The lowest BCUT2D eigenvalue weighted by molar-refractivity contribution is 0.0690. The van der Waals surface area contributed by atoms with Crippen LogP contribution < -0.4 is 5.73 Å². The highest BCUT2D eigenvalue weighted by molar-refractivity contribution is 5.95. The first kappa shape index (κ1) is 15.0. The van der Waals surface area contributed by atoms with E-state index < -0.39 is 5.82 Å². The second kappa shape index (κ2) is 6.35. The van der Waals surface area contributed by atoms with Gasteiger partial charge in [0.15, 0.2) is 0 Å². The Morgan fingerprint density at radius 2 is 2.14 bits per heavy atom. The molecule has 5 heteroatoms. The van der Waals surface area contributed by atoms with Crippen LogP contribution in [-0.4, -0.2) is 21.8 Å². The number of rotatable bonds is 4. The van der Waals surface area contributed by atoms with Crippen LogP contribution in [0, 0.1) is 5.82 Å². The number of anilines is 1. The first-order valence-corrected chi connectivity index (χ1v) is 6.74. The van der Waals surface area contributed by atoms with Crippen molar-refractivity contribution in [1.82, 2.24) is 9.88 Å². The number of aromatic nitrogens is 1. The fourth-order valence-electron chi connectivity index (χ4n) is 2.02. The molecule has 0 spiro atoms. The number of halogens is 1. The van der Waals surface area contributed by atoms with Gasteiger partial charge in [0.1, 0.15) is 5.82 Å². The maximum Gasteiger partial charge on any atom is 0.254 e. The van der Waals surface area contributed by atoms with E-state index in [0.717, 1.165) is 5.56 Å². The Balaban J connectivity index is 2.25. The van der Waals surface area contributed by atoms with E-state index in [2.05, 4.69) is 4.98 Å². The molecule has 1 aromatic heterocycles. The average molecular weight is 287 g/mol. The second-order valence-electron chi connectivity index (χ2n) is 5.12. The van der Waals surface area contributed by atoms with Gasteiger partial charge in [-0.1, -0.05) is 6.07 Å². The Morgan fingerprint density at radius 3 is 2.71 bits per heavy atom. The topological polar surface area (TPSA) is 59.2 Å². The van der Waals surface area contributed by atoms with E-state index in [0.29, 0.717) is 12.1 Å². The van der Waals surface area contributed by atoms with Gasteiger partial charge in [-0.2, -0.15) is 0 Å². The summed E-state index contributed by atoms with van der Waals surface area (Å²) in [6.07, 6.45) is 3.41. The summed E-state index contributed by atoms with van der Waals surface area (Å²) in [5, 5.41) is 0. The maximum absolute atomic E-state index is 13.2. The van der Waals surface area contributed by atoms with Crippen LogP contribution in [0.2, 0.25) is 0 Å². The van der Waals surface area contributed by atoms with Gasteiger partial charge in [0.2, 0.25) is 0 Å². The van der Waals surface area contributed by atoms with Gasteiger partial charge in [0, 0.05) is 30.5 Å². The molecule has 0 radical (unpaired) electrons. The van der Waals surface area contributed by atoms with Crippen molar-refractivity contribution in [3.63, 3.8) is 0 Å². The zero-order chi connectivity index (χ0) is 15.4. The number of pyridine rings is 1. The predicted molar refractivity (Wildman–Crippen MR) is 80.1 cm³/mol. The quantitative estimate of drug-likeness (QED) is 0.880. The van der Waals surface area contributed by atoms with Crippen molar-refractivity contribution >= 4 is 11.6 Å². The molecule has 1 heterocycles. The summed E-state index contributed by atoms with van der Waals surface area (Å²) in [6.45, 7) is 4.31. The first-order chi connectivity index (χ1) is 9.99. The van der Waals surface area contributed by atoms with Gasteiger partial charge in [-0.3, -0.25) is 9.78 Å². The molecule has 2 rings (SSSR count). The lowest BCUT2D eigenvalue weighted by Crippen LogP contribution is -2.36. The third-order valence-corrected chi connectivity index (χ3v) is 3.20. The van der Waals surface area contributed by atoms with E-state index >= 15 is 0 Å². The van der Waals surface area contributed by atoms with Crippen LogP contribution in [0.4, 0.5) is 10.1 Å². The molecule has 110 valence electrons. The third-order valence-electron chi connectivity index (χ3n) is 3.20. The van der Waals surface area contributed by atoms with Crippen LogP contribution in [0.3, 0.4) is 0 Å². The van der Waals surface area contributed by atoms with Crippen molar-refractivity contribution in [3.8, 4) is 0 Å². The van der Waals surface area contributed by atoms with E-state index in [1.54, 1.807) is 17.3 Å². The molecule has 0 fully saturated rings. The van der Waals surface area contributed by atoms with E-state index in [9.17, 15) is 9.18 Å². The summed E-state index contributed by atoms with van der Waals surface area (Å²) in [4.78, 5) is 18.3. The standard InChI is InChI=1S/C16H18FN3O/c1-11(2)20(10-12-4-3-7-19-9-12)16(21)13-5-6-14(17)15(18)8-13/h3-9,11H,10,18H2,1-2H3. The molecule has 2 aromatic rings. The van der Waals surface area contributed by atoms with Gasteiger partial charge >= 0.3 is 0 Å². The van der Waals surface area contributed by atoms with Gasteiger partial charge in [-0.25, -0.2) is 4.39 Å². The lowest BCUT2D eigenvalue weighted by Gasteiger charge is -2.27. The second-order valence-corrected chi connectivity index (χ2v) is 5.12. The SMILES string of the molecule is CC(C)N(Cc1cccnc1)C(=O)c1ccc(F)c(N)c1. The smallest absolute Gasteiger partial charge is 0.254 e. The molecule has 0 bridgehead atoms. The van der Waals surface area contributed by atoms with Gasteiger partial charge < -0.3 is 10.6 Å². The maximum atomic E-state index is 13.2. The minimum Gasteiger partial charge on any atom is -0.396 e. The van der Waals surface area contributed by atoms with Crippen LogP contribution in [-0.2, 0) is 6.54 Å². The van der Waals surface area contributed by atoms with Crippen molar-refractivity contribution < 1.29 is 9.18 Å². The first-order valence-electron chi connectivity index (χ1n) is 6.74. The minimum atomic E-state index is -0.519. The molecule has 0 unspecified atom stereocenters. The van der Waals surface area contributed by atoms with Crippen molar-refractivity contribution in [2.45, 2.75) is 26.4 Å². The molecule has 0 saturated carbocycles. The van der Waals surface area contributed by atoms with Crippen LogP contribution in [0.5, 0.6) is 0 Å². The Kier molecular flexibility index (Phi) is 4.52. The van der Waals surface area contributed by atoms with Crippen LogP contribution in [0.15, 0.2) is 42.7 Å². The molecule has 0 atom stereocenters. The zero-order valence-corrected chi connectivity index (χ0v) is 12.1. The molecule has 0 aliphatic heterocycles. The lowest BCUT2D eigenvalue weighted by atomic mass is 10.1. The van der Waals surface area contributed by atoms with Crippen molar-refractivity contribution in [1.29, 1.82) is 0 Å². The van der Waals surface area contributed by atoms with Crippen LogP contribution in [0.25, 0.3) is 0 Å². The number of nitrogens with two attached hydrogens (primary N) is 1. The predicted octanol–water partition coefficient (Wildman–Crippen LogP) is 2.85. The van der Waals surface area contributed by atoms with Crippen molar-refractivity contribution in [2.24, 2.45) is 0 Å². The van der Waals surface area contributed by atoms with Gasteiger partial charge in [-0.05, 0) is 43.7 Å². The molecule has 0 aliphatic carbocycles. The van der Waals surface area contributed by atoms with E-state index in [-0.39, 0.29) is 17.6 Å². The normalized spacial score (nSPS) is 10.7. The molecule has 1 amide bonds. The summed E-state index contributed by atoms with van der Waals surface area (Å²) in [7, 11) is 0. The number of nitrogens with zero attached hydrogens (tertiary/aromatic N) is 2. The van der Waals surface area contributed by atoms with E-state index in [1.807, 2.05) is 26.0 Å². The summed E-state index contributed by atoms with van der Waals surface area (Å²) < 4.78 is 13.2. The third kappa shape index (κ3) is 3.56. The summed E-state index contributed by atoms with van der Waals surface area (Å²) in [5.74, 6) is -0.699.